The molecule has 0 radical (unpaired) electrons. The van der Waals surface area contributed by atoms with Gasteiger partial charge in [0.05, 0.1) is 0 Å². The second kappa shape index (κ2) is 8.52. The minimum absolute atomic E-state index is 0.346. The number of rotatable bonds is 7. The topological polar surface area (TPSA) is 15.3 Å². The summed E-state index contributed by atoms with van der Waals surface area (Å²) in [4.78, 5) is 2.51. The Balaban J connectivity index is 2.53. The number of halogens is 2. The maximum absolute atomic E-state index is 3.63. The highest BCUT2D eigenvalue weighted by molar-refractivity contribution is 9.11. The highest BCUT2D eigenvalue weighted by Crippen LogP contribution is 2.26. The molecule has 0 saturated carbocycles. The highest BCUT2D eigenvalue weighted by atomic mass is 79.9. The minimum Gasteiger partial charge on any atom is -0.309 e. The zero-order valence-electron chi connectivity index (χ0n) is 13.1. The van der Waals surface area contributed by atoms with E-state index in [0.29, 0.717) is 18.1 Å². The van der Waals surface area contributed by atoms with Crippen molar-refractivity contribution in [3.63, 3.8) is 0 Å². The summed E-state index contributed by atoms with van der Waals surface area (Å²) < 4.78 is 2.25. The Morgan fingerprint density at radius 2 is 1.65 bits per heavy atom. The van der Waals surface area contributed by atoms with Crippen molar-refractivity contribution in [3.05, 3.63) is 32.7 Å². The number of hydrogen-bond donors (Lipinski definition) is 1. The third-order valence-corrected chi connectivity index (χ3v) is 4.76. The molecule has 0 fully saturated rings. The maximum atomic E-state index is 3.63. The predicted octanol–water partition coefficient (Wildman–Crippen LogP) is 4.98. The van der Waals surface area contributed by atoms with Gasteiger partial charge in [-0.2, -0.15) is 0 Å². The third-order valence-electron chi connectivity index (χ3n) is 3.58. The SMILES string of the molecule is CC(NCCN(C(C)C)C(C)C)c1ccc(Br)cc1Br. The summed E-state index contributed by atoms with van der Waals surface area (Å²) in [5, 5.41) is 3.61. The Morgan fingerprint density at radius 3 is 2.15 bits per heavy atom. The zero-order chi connectivity index (χ0) is 15.3. The lowest BCUT2D eigenvalue weighted by Crippen LogP contribution is -2.41. The first-order valence-electron chi connectivity index (χ1n) is 7.27. The lowest BCUT2D eigenvalue weighted by atomic mass is 10.1. The lowest BCUT2D eigenvalue weighted by molar-refractivity contribution is 0.174. The molecule has 20 heavy (non-hydrogen) atoms. The van der Waals surface area contributed by atoms with E-state index in [-0.39, 0.29) is 0 Å². The molecule has 1 unspecified atom stereocenters. The van der Waals surface area contributed by atoms with Gasteiger partial charge in [0, 0.05) is 40.2 Å². The summed E-state index contributed by atoms with van der Waals surface area (Å²) in [6.07, 6.45) is 0. The largest absolute Gasteiger partial charge is 0.309 e. The van der Waals surface area contributed by atoms with Gasteiger partial charge in [0.2, 0.25) is 0 Å². The summed E-state index contributed by atoms with van der Waals surface area (Å²) in [6.45, 7) is 13.3. The standard InChI is InChI=1S/C16H26Br2N2/c1-11(2)20(12(3)4)9-8-19-13(5)15-7-6-14(17)10-16(15)18/h6-7,10-13,19H,8-9H2,1-5H3. The molecule has 114 valence electrons. The van der Waals surface area contributed by atoms with Crippen LogP contribution in [0, 0.1) is 0 Å². The van der Waals surface area contributed by atoms with Gasteiger partial charge in [0.15, 0.2) is 0 Å². The fourth-order valence-corrected chi connectivity index (χ4v) is 3.88. The van der Waals surface area contributed by atoms with Crippen LogP contribution in [0.5, 0.6) is 0 Å². The average Bonchev–Trinajstić information content (AvgIpc) is 2.33. The van der Waals surface area contributed by atoms with Gasteiger partial charge in [0.1, 0.15) is 0 Å². The van der Waals surface area contributed by atoms with E-state index in [2.05, 4.69) is 94.9 Å². The molecular weight excluding hydrogens is 380 g/mol. The van der Waals surface area contributed by atoms with E-state index in [1.807, 2.05) is 0 Å². The van der Waals surface area contributed by atoms with E-state index in [9.17, 15) is 0 Å². The van der Waals surface area contributed by atoms with Crippen LogP contribution in [0.3, 0.4) is 0 Å². The van der Waals surface area contributed by atoms with Crippen molar-refractivity contribution in [1.82, 2.24) is 10.2 Å². The molecule has 1 aromatic carbocycles. The van der Waals surface area contributed by atoms with Crippen LogP contribution in [0.25, 0.3) is 0 Å². The van der Waals surface area contributed by atoms with E-state index >= 15 is 0 Å². The first-order chi connectivity index (χ1) is 9.32. The van der Waals surface area contributed by atoms with Crippen LogP contribution >= 0.6 is 31.9 Å². The Labute approximate surface area is 140 Å². The molecular formula is C16H26Br2N2. The monoisotopic (exact) mass is 404 g/mol. The van der Waals surface area contributed by atoms with E-state index in [0.717, 1.165) is 22.0 Å². The van der Waals surface area contributed by atoms with Gasteiger partial charge in [0.25, 0.3) is 0 Å². The highest BCUT2D eigenvalue weighted by Gasteiger charge is 2.14. The number of nitrogens with one attached hydrogen (secondary N) is 1. The fourth-order valence-electron chi connectivity index (χ4n) is 2.49. The summed E-state index contributed by atoms with van der Waals surface area (Å²) >= 11 is 7.13. The first kappa shape index (κ1) is 18.1. The van der Waals surface area contributed by atoms with E-state index in [1.54, 1.807) is 0 Å². The van der Waals surface area contributed by atoms with Crippen molar-refractivity contribution in [2.24, 2.45) is 0 Å². The van der Waals surface area contributed by atoms with E-state index in [1.165, 1.54) is 5.56 Å². The second-order valence-electron chi connectivity index (χ2n) is 5.77. The first-order valence-corrected chi connectivity index (χ1v) is 8.85. The van der Waals surface area contributed by atoms with Crippen LogP contribution in [-0.2, 0) is 0 Å². The molecule has 0 saturated heterocycles. The quantitative estimate of drug-likeness (QED) is 0.687. The summed E-state index contributed by atoms with van der Waals surface area (Å²) in [5.41, 5.74) is 1.30. The van der Waals surface area contributed by atoms with Crippen molar-refractivity contribution in [2.75, 3.05) is 13.1 Å². The van der Waals surface area contributed by atoms with Gasteiger partial charge >= 0.3 is 0 Å². The van der Waals surface area contributed by atoms with Gasteiger partial charge in [-0.1, -0.05) is 37.9 Å². The van der Waals surface area contributed by atoms with Crippen molar-refractivity contribution in [2.45, 2.75) is 52.7 Å². The average molecular weight is 406 g/mol. The Morgan fingerprint density at radius 1 is 1.05 bits per heavy atom. The van der Waals surface area contributed by atoms with Crippen molar-refractivity contribution in [1.29, 1.82) is 0 Å². The van der Waals surface area contributed by atoms with Crippen molar-refractivity contribution >= 4 is 31.9 Å². The maximum Gasteiger partial charge on any atom is 0.0303 e. The molecule has 1 rings (SSSR count). The van der Waals surface area contributed by atoms with Crippen molar-refractivity contribution < 1.29 is 0 Å². The van der Waals surface area contributed by atoms with Crippen molar-refractivity contribution in [3.8, 4) is 0 Å². The minimum atomic E-state index is 0.346. The summed E-state index contributed by atoms with van der Waals surface area (Å²) in [7, 11) is 0. The molecule has 2 nitrogen and oxygen atoms in total. The summed E-state index contributed by atoms with van der Waals surface area (Å²) in [6, 6.07) is 7.88. The molecule has 0 aliphatic carbocycles. The molecule has 1 aromatic rings. The van der Waals surface area contributed by atoms with Gasteiger partial charge in [-0.3, -0.25) is 4.90 Å². The third kappa shape index (κ3) is 5.47. The molecule has 4 heteroatoms. The van der Waals surface area contributed by atoms with Gasteiger partial charge in [-0.05, 0) is 52.3 Å². The van der Waals surface area contributed by atoms with Crippen LogP contribution in [-0.4, -0.2) is 30.1 Å². The molecule has 0 heterocycles. The lowest BCUT2D eigenvalue weighted by Gasteiger charge is -2.31. The molecule has 0 amide bonds. The molecule has 0 bridgehead atoms. The number of nitrogens with zero attached hydrogens (tertiary/aromatic N) is 1. The van der Waals surface area contributed by atoms with Crippen LogP contribution in [0.2, 0.25) is 0 Å². The molecule has 0 aliphatic rings. The van der Waals surface area contributed by atoms with Gasteiger partial charge in [-0.25, -0.2) is 0 Å². The number of benzene rings is 1. The van der Waals surface area contributed by atoms with Gasteiger partial charge in [-0.15, -0.1) is 0 Å². The molecule has 0 spiro atoms. The molecule has 1 N–H and O–H groups in total. The zero-order valence-corrected chi connectivity index (χ0v) is 16.3. The Bertz CT molecular complexity index is 411. The second-order valence-corrected chi connectivity index (χ2v) is 7.54. The van der Waals surface area contributed by atoms with Crippen LogP contribution < -0.4 is 5.32 Å². The normalized spacial score (nSPS) is 13.5. The van der Waals surface area contributed by atoms with Crippen LogP contribution in [0.1, 0.15) is 46.2 Å². The Hall–Kier alpha value is 0.1000. The smallest absolute Gasteiger partial charge is 0.0303 e. The number of hydrogen-bond acceptors (Lipinski definition) is 2. The van der Waals surface area contributed by atoms with Crippen LogP contribution in [0.15, 0.2) is 27.1 Å². The van der Waals surface area contributed by atoms with E-state index in [4.69, 9.17) is 0 Å². The predicted molar refractivity (Wildman–Crippen MR) is 95.2 cm³/mol. The Kier molecular flexibility index (Phi) is 7.73. The molecule has 1 atom stereocenters. The fraction of sp³-hybridized carbons (Fsp3) is 0.625. The molecule has 0 aromatic heterocycles. The van der Waals surface area contributed by atoms with Gasteiger partial charge < -0.3 is 5.32 Å². The molecule has 0 aliphatic heterocycles. The van der Waals surface area contributed by atoms with Crippen LogP contribution in [0.4, 0.5) is 0 Å². The summed E-state index contributed by atoms with van der Waals surface area (Å²) in [5.74, 6) is 0. The van der Waals surface area contributed by atoms with E-state index < -0.39 is 0 Å².